The predicted octanol–water partition coefficient (Wildman–Crippen LogP) is 0.446. The Bertz CT molecular complexity index is 203. The maximum absolute atomic E-state index is 11.5. The van der Waals surface area contributed by atoms with Crippen LogP contribution in [0.5, 0.6) is 0 Å². The molecule has 0 N–H and O–H groups in total. The monoisotopic (exact) mass is 200 g/mol. The van der Waals surface area contributed by atoms with Gasteiger partial charge in [0.2, 0.25) is 14.0 Å². The quantitative estimate of drug-likeness (QED) is 0.270. The topological polar surface area (TPSA) is 52.6 Å². The third kappa shape index (κ3) is 4.30. The van der Waals surface area contributed by atoms with Crippen molar-refractivity contribution in [2.45, 2.75) is 39.8 Å². The zero-order valence-corrected chi connectivity index (χ0v) is 9.20. The normalized spacial score (nSPS) is 13.1. The van der Waals surface area contributed by atoms with E-state index in [9.17, 15) is 9.59 Å². The minimum atomic E-state index is -0.809. The van der Waals surface area contributed by atoms with Crippen LogP contribution in [0.1, 0.15) is 33.6 Å². The third-order valence-corrected chi connectivity index (χ3v) is 1.95. The minimum absolute atomic E-state index is 0.269. The van der Waals surface area contributed by atoms with Crippen LogP contribution in [0.4, 0.5) is 0 Å². The highest BCUT2D eigenvalue weighted by molar-refractivity contribution is 6.11. The Balaban J connectivity index is 4.11. The lowest BCUT2D eigenvalue weighted by Crippen LogP contribution is -2.31. The van der Waals surface area contributed by atoms with E-state index in [4.69, 9.17) is 4.74 Å². The number of carbonyl (C=O) groups is 2. The fraction of sp³-hybridized carbons (Fsp3) is 0.778. The van der Waals surface area contributed by atoms with Gasteiger partial charge < -0.3 is 9.47 Å². The van der Waals surface area contributed by atoms with Gasteiger partial charge in [-0.2, -0.15) is 0 Å². The molecule has 0 bridgehead atoms. The average molecular weight is 200 g/mol. The molecule has 0 aliphatic rings. The van der Waals surface area contributed by atoms with E-state index in [2.05, 4.69) is 4.74 Å². The van der Waals surface area contributed by atoms with Crippen LogP contribution in [0.2, 0.25) is 0 Å². The van der Waals surface area contributed by atoms with E-state index in [0.29, 0.717) is 0 Å². The summed E-state index contributed by atoms with van der Waals surface area (Å²) in [6, 6.07) is 0. The summed E-state index contributed by atoms with van der Waals surface area (Å²) < 4.78 is 9.38. The molecule has 80 valence electrons. The lowest BCUT2D eigenvalue weighted by molar-refractivity contribution is -0.175. The summed E-state index contributed by atoms with van der Waals surface area (Å²) >= 11 is 0. The molecule has 0 fully saturated rings. The number of rotatable bonds is 6. The molecule has 1 atom stereocenters. The molecule has 0 radical (unpaired) electrons. The number of ether oxygens (including phenoxy) is 2. The van der Waals surface area contributed by atoms with E-state index >= 15 is 0 Å². The largest absolute Gasteiger partial charge is 0.437 e. The predicted molar refractivity (Wildman–Crippen MR) is 54.3 cm³/mol. The van der Waals surface area contributed by atoms with Gasteiger partial charge in [0.1, 0.15) is 0 Å². The van der Waals surface area contributed by atoms with Crippen molar-refractivity contribution < 1.29 is 19.1 Å². The maximum Gasteiger partial charge on any atom is 0.313 e. The standard InChI is InChI=1S/C9H17BO4/c1-4-5-9(2,3)7(12)14-8(10)13-6-11/h6,8H,4-5,10H2,1-3H3. The second-order valence-electron chi connectivity index (χ2n) is 3.84. The van der Waals surface area contributed by atoms with E-state index < -0.39 is 11.6 Å². The first kappa shape index (κ1) is 13.0. The lowest BCUT2D eigenvalue weighted by atomic mass is 9.88. The van der Waals surface area contributed by atoms with Gasteiger partial charge >= 0.3 is 5.97 Å². The van der Waals surface area contributed by atoms with Crippen LogP contribution in [-0.2, 0) is 19.1 Å². The molecule has 5 heteroatoms. The second-order valence-corrected chi connectivity index (χ2v) is 3.84. The molecule has 0 rings (SSSR count). The summed E-state index contributed by atoms with van der Waals surface area (Å²) in [6.45, 7) is 5.89. The van der Waals surface area contributed by atoms with E-state index in [-0.39, 0.29) is 12.4 Å². The van der Waals surface area contributed by atoms with Gasteiger partial charge in [0.15, 0.2) is 0 Å². The highest BCUT2D eigenvalue weighted by Gasteiger charge is 2.29. The number of hydrogen-bond acceptors (Lipinski definition) is 4. The van der Waals surface area contributed by atoms with Crippen molar-refractivity contribution in [1.29, 1.82) is 0 Å². The molecule has 14 heavy (non-hydrogen) atoms. The Morgan fingerprint density at radius 1 is 1.57 bits per heavy atom. The summed E-state index contributed by atoms with van der Waals surface area (Å²) in [4.78, 5) is 21.5. The molecule has 0 heterocycles. The van der Waals surface area contributed by atoms with E-state index in [1.807, 2.05) is 20.8 Å². The molecule has 0 aliphatic heterocycles. The van der Waals surface area contributed by atoms with Gasteiger partial charge in [-0.1, -0.05) is 13.3 Å². The van der Waals surface area contributed by atoms with Gasteiger partial charge in [-0.15, -0.1) is 0 Å². The zero-order valence-electron chi connectivity index (χ0n) is 9.20. The van der Waals surface area contributed by atoms with Gasteiger partial charge in [0.25, 0.3) is 6.47 Å². The van der Waals surface area contributed by atoms with Crippen molar-refractivity contribution in [3.8, 4) is 0 Å². The van der Waals surface area contributed by atoms with E-state index in [1.54, 1.807) is 0 Å². The van der Waals surface area contributed by atoms with Crippen molar-refractivity contribution in [1.82, 2.24) is 0 Å². The number of esters is 1. The molecule has 0 spiro atoms. The molecule has 0 aromatic rings. The highest BCUT2D eigenvalue weighted by atomic mass is 16.7. The summed E-state index contributed by atoms with van der Waals surface area (Å²) in [7, 11) is 1.51. The average Bonchev–Trinajstić information content (AvgIpc) is 2.04. The Morgan fingerprint density at radius 2 is 2.14 bits per heavy atom. The van der Waals surface area contributed by atoms with Crippen molar-refractivity contribution in [2.75, 3.05) is 0 Å². The fourth-order valence-electron chi connectivity index (χ4n) is 1.14. The Hall–Kier alpha value is -0.995. The van der Waals surface area contributed by atoms with Crippen molar-refractivity contribution in [3.05, 3.63) is 0 Å². The van der Waals surface area contributed by atoms with Crippen LogP contribution >= 0.6 is 0 Å². The van der Waals surface area contributed by atoms with Crippen molar-refractivity contribution in [3.63, 3.8) is 0 Å². The molecule has 0 saturated heterocycles. The highest BCUT2D eigenvalue weighted by Crippen LogP contribution is 2.24. The van der Waals surface area contributed by atoms with Gasteiger partial charge in [-0.3, -0.25) is 9.59 Å². The molecular weight excluding hydrogens is 183 g/mol. The zero-order chi connectivity index (χ0) is 11.2. The Kier molecular flexibility index (Phi) is 5.27. The van der Waals surface area contributed by atoms with Crippen LogP contribution in [0.25, 0.3) is 0 Å². The Morgan fingerprint density at radius 3 is 2.57 bits per heavy atom. The SMILES string of the molecule is BC(OC=O)OC(=O)C(C)(C)CCC. The van der Waals surface area contributed by atoms with Crippen molar-refractivity contribution in [2.24, 2.45) is 5.41 Å². The van der Waals surface area contributed by atoms with Crippen LogP contribution in [0.15, 0.2) is 0 Å². The molecule has 0 aliphatic carbocycles. The van der Waals surface area contributed by atoms with Crippen LogP contribution in [0.3, 0.4) is 0 Å². The third-order valence-electron chi connectivity index (χ3n) is 1.95. The smallest absolute Gasteiger partial charge is 0.313 e. The number of hydrogen-bond donors (Lipinski definition) is 0. The first-order chi connectivity index (χ1) is 6.44. The van der Waals surface area contributed by atoms with Crippen LogP contribution in [-0.4, -0.2) is 26.5 Å². The fourth-order valence-corrected chi connectivity index (χ4v) is 1.14. The van der Waals surface area contributed by atoms with E-state index in [0.717, 1.165) is 12.8 Å². The minimum Gasteiger partial charge on any atom is -0.437 e. The maximum atomic E-state index is 11.5. The second kappa shape index (κ2) is 5.68. The lowest BCUT2D eigenvalue weighted by Gasteiger charge is -2.23. The Labute approximate surface area is 85.4 Å². The molecule has 4 nitrogen and oxygen atoms in total. The van der Waals surface area contributed by atoms with Gasteiger partial charge in [0, 0.05) is 0 Å². The van der Waals surface area contributed by atoms with Crippen LogP contribution < -0.4 is 0 Å². The van der Waals surface area contributed by atoms with E-state index in [1.165, 1.54) is 7.85 Å². The summed E-state index contributed by atoms with van der Waals surface area (Å²) in [5.74, 6) is -0.339. The van der Waals surface area contributed by atoms with Gasteiger partial charge in [-0.25, -0.2) is 0 Å². The first-order valence-corrected chi connectivity index (χ1v) is 4.74. The summed E-state index contributed by atoms with van der Waals surface area (Å²) in [5.41, 5.74) is -0.519. The molecule has 0 aromatic carbocycles. The van der Waals surface area contributed by atoms with Gasteiger partial charge in [-0.05, 0) is 20.3 Å². The first-order valence-electron chi connectivity index (χ1n) is 4.74. The van der Waals surface area contributed by atoms with Gasteiger partial charge in [0.05, 0.1) is 5.41 Å². The summed E-state index contributed by atoms with van der Waals surface area (Å²) in [5, 5.41) is 0. The summed E-state index contributed by atoms with van der Waals surface area (Å²) in [6.07, 6.45) is 0.848. The number of carbonyl (C=O) groups excluding carboxylic acids is 2. The molecule has 0 amide bonds. The molecular formula is C9H17BO4. The molecule has 1 unspecified atom stereocenters. The molecule has 0 saturated carbocycles. The molecule has 0 aromatic heterocycles. The van der Waals surface area contributed by atoms with Crippen LogP contribution in [0, 0.1) is 5.41 Å². The van der Waals surface area contributed by atoms with Crippen molar-refractivity contribution >= 4 is 20.3 Å².